The van der Waals surface area contributed by atoms with Gasteiger partial charge in [-0.25, -0.2) is 0 Å². The molecule has 0 N–H and O–H groups in total. The highest BCUT2D eigenvalue weighted by atomic mass is 31.2. The highest BCUT2D eigenvalue weighted by Crippen LogP contribution is 2.56. The predicted molar refractivity (Wildman–Crippen MR) is 77.9 cm³/mol. The lowest BCUT2D eigenvalue weighted by Gasteiger charge is -2.17. The molecule has 0 heterocycles. The fourth-order valence-electron chi connectivity index (χ4n) is 1.59. The molecule has 0 aromatic rings. The van der Waals surface area contributed by atoms with Crippen LogP contribution >= 0.6 is 7.60 Å². The summed E-state index contributed by atoms with van der Waals surface area (Å²) in [6, 6.07) is 0. The van der Waals surface area contributed by atoms with Crippen molar-refractivity contribution in [2.45, 2.75) is 53.4 Å². The lowest BCUT2D eigenvalue weighted by molar-refractivity contribution is 0.227. The van der Waals surface area contributed by atoms with E-state index in [-0.39, 0.29) is 0 Å². The molecule has 106 valence electrons. The van der Waals surface area contributed by atoms with Crippen molar-refractivity contribution in [3.63, 3.8) is 0 Å². The van der Waals surface area contributed by atoms with Crippen molar-refractivity contribution in [2.24, 2.45) is 0 Å². The van der Waals surface area contributed by atoms with Gasteiger partial charge < -0.3 is 9.05 Å². The highest BCUT2D eigenvalue weighted by molar-refractivity contribution is 7.58. The number of rotatable bonds is 10. The van der Waals surface area contributed by atoms with Crippen LogP contribution in [-0.2, 0) is 13.6 Å². The van der Waals surface area contributed by atoms with Crippen molar-refractivity contribution in [2.75, 3.05) is 13.2 Å². The SMILES string of the molecule is C/C=C(\C=C/CCCCC)P(=O)(OCC)OCC. The molecule has 0 saturated heterocycles. The third-order valence-electron chi connectivity index (χ3n) is 2.47. The van der Waals surface area contributed by atoms with Gasteiger partial charge in [0.1, 0.15) is 0 Å². The first-order chi connectivity index (χ1) is 8.64. The Morgan fingerprint density at radius 2 is 1.72 bits per heavy atom. The largest absolute Gasteiger partial charge is 0.360 e. The molecule has 0 aromatic carbocycles. The second-order valence-corrected chi connectivity index (χ2v) is 5.97. The van der Waals surface area contributed by atoms with Crippen LogP contribution in [0.2, 0.25) is 0 Å². The zero-order valence-electron chi connectivity index (χ0n) is 12.1. The van der Waals surface area contributed by atoms with Gasteiger partial charge in [-0.15, -0.1) is 0 Å². The molecule has 0 amide bonds. The molecule has 18 heavy (non-hydrogen) atoms. The molecule has 0 radical (unpaired) electrons. The lowest BCUT2D eigenvalue weighted by Crippen LogP contribution is -1.97. The summed E-state index contributed by atoms with van der Waals surface area (Å²) in [5.41, 5.74) is 0. The van der Waals surface area contributed by atoms with Gasteiger partial charge in [0.2, 0.25) is 0 Å². The summed E-state index contributed by atoms with van der Waals surface area (Å²) in [5.74, 6) is 0. The molecule has 0 fully saturated rings. The van der Waals surface area contributed by atoms with Crippen molar-refractivity contribution in [3.8, 4) is 0 Å². The van der Waals surface area contributed by atoms with E-state index in [2.05, 4.69) is 13.0 Å². The summed E-state index contributed by atoms with van der Waals surface area (Å²) in [6.45, 7) is 8.46. The van der Waals surface area contributed by atoms with Gasteiger partial charge >= 0.3 is 7.60 Å². The molecule has 4 heteroatoms. The highest BCUT2D eigenvalue weighted by Gasteiger charge is 2.26. The Hall–Kier alpha value is -0.370. The summed E-state index contributed by atoms with van der Waals surface area (Å²) >= 11 is 0. The van der Waals surface area contributed by atoms with Crippen molar-refractivity contribution >= 4 is 7.60 Å². The normalized spacial score (nSPS) is 13.4. The van der Waals surface area contributed by atoms with E-state index in [1.54, 1.807) is 0 Å². The summed E-state index contributed by atoms with van der Waals surface area (Å²) in [7, 11) is -3.11. The van der Waals surface area contributed by atoms with E-state index in [4.69, 9.17) is 9.05 Å². The van der Waals surface area contributed by atoms with Crippen molar-refractivity contribution < 1.29 is 13.6 Å². The van der Waals surface area contributed by atoms with Crippen LogP contribution in [0.25, 0.3) is 0 Å². The zero-order valence-corrected chi connectivity index (χ0v) is 13.0. The van der Waals surface area contributed by atoms with Gasteiger partial charge in [-0.2, -0.15) is 0 Å². The molecule has 0 rings (SSSR count). The zero-order chi connectivity index (χ0) is 13.9. The van der Waals surface area contributed by atoms with Gasteiger partial charge in [-0.1, -0.05) is 38.0 Å². The van der Waals surface area contributed by atoms with Gasteiger partial charge in [0.15, 0.2) is 0 Å². The Balaban J connectivity index is 4.57. The fourth-order valence-corrected chi connectivity index (χ4v) is 3.24. The van der Waals surface area contributed by atoms with Gasteiger partial charge in [-0.3, -0.25) is 4.57 Å². The summed E-state index contributed by atoms with van der Waals surface area (Å²) in [5, 5.41) is 0.655. The van der Waals surface area contributed by atoms with Gasteiger partial charge in [0.05, 0.1) is 18.5 Å². The van der Waals surface area contributed by atoms with E-state index in [1.807, 2.05) is 32.9 Å². The molecule has 0 unspecified atom stereocenters. The summed E-state index contributed by atoms with van der Waals surface area (Å²) in [6.07, 6.45) is 10.3. The minimum atomic E-state index is -3.11. The smallest absolute Gasteiger partial charge is 0.306 e. The van der Waals surface area contributed by atoms with Crippen LogP contribution in [0.5, 0.6) is 0 Å². The van der Waals surface area contributed by atoms with Crippen LogP contribution in [0, 0.1) is 0 Å². The van der Waals surface area contributed by atoms with Crippen molar-refractivity contribution in [1.82, 2.24) is 0 Å². The van der Waals surface area contributed by atoms with Crippen LogP contribution < -0.4 is 0 Å². The van der Waals surface area contributed by atoms with Crippen LogP contribution in [-0.4, -0.2) is 13.2 Å². The first kappa shape index (κ1) is 17.6. The third-order valence-corrected chi connectivity index (χ3v) is 4.71. The molecule has 3 nitrogen and oxygen atoms in total. The quantitative estimate of drug-likeness (QED) is 0.308. The summed E-state index contributed by atoms with van der Waals surface area (Å²) in [4.78, 5) is 0. The molecule has 0 atom stereocenters. The number of allylic oxidation sites excluding steroid dienone is 4. The first-order valence-corrected chi connectivity index (χ1v) is 8.41. The van der Waals surface area contributed by atoms with Crippen molar-refractivity contribution in [3.05, 3.63) is 23.5 Å². The Morgan fingerprint density at radius 1 is 1.11 bits per heavy atom. The van der Waals surface area contributed by atoms with Gasteiger partial charge in [0, 0.05) is 0 Å². The minimum Gasteiger partial charge on any atom is -0.306 e. The molecule has 0 bridgehead atoms. The first-order valence-electron chi connectivity index (χ1n) is 6.87. The van der Waals surface area contributed by atoms with Crippen LogP contribution in [0.15, 0.2) is 23.5 Å². The molecule has 0 aliphatic rings. The van der Waals surface area contributed by atoms with E-state index in [9.17, 15) is 4.57 Å². The Morgan fingerprint density at radius 3 is 2.17 bits per heavy atom. The predicted octanol–water partition coefficient (Wildman–Crippen LogP) is 5.29. The monoisotopic (exact) mass is 274 g/mol. The van der Waals surface area contributed by atoms with E-state index < -0.39 is 7.60 Å². The third kappa shape index (κ3) is 6.53. The Bertz CT molecular complexity index is 298. The van der Waals surface area contributed by atoms with Crippen molar-refractivity contribution in [1.29, 1.82) is 0 Å². The molecule has 0 spiro atoms. The van der Waals surface area contributed by atoms with E-state index in [0.717, 1.165) is 12.8 Å². The van der Waals surface area contributed by atoms with Gasteiger partial charge in [-0.05, 0) is 33.6 Å². The standard InChI is InChI=1S/C14H27O3P/c1-5-9-10-11-12-13-14(6-2)18(15,16-7-3)17-8-4/h6,12-13H,5,7-11H2,1-4H3/b13-12-,14-6+. The van der Waals surface area contributed by atoms with Crippen LogP contribution in [0.1, 0.15) is 53.4 Å². The average molecular weight is 274 g/mol. The molecule has 0 aliphatic heterocycles. The van der Waals surface area contributed by atoms with E-state index in [1.165, 1.54) is 12.8 Å². The van der Waals surface area contributed by atoms with E-state index >= 15 is 0 Å². The van der Waals surface area contributed by atoms with Crippen LogP contribution in [0.4, 0.5) is 0 Å². The minimum absolute atomic E-state index is 0.387. The molecule has 0 aliphatic carbocycles. The maximum Gasteiger partial charge on any atom is 0.360 e. The van der Waals surface area contributed by atoms with Gasteiger partial charge in [0.25, 0.3) is 0 Å². The topological polar surface area (TPSA) is 35.5 Å². The molecule has 0 aromatic heterocycles. The lowest BCUT2D eigenvalue weighted by atomic mass is 10.2. The molecular formula is C14H27O3P. The maximum atomic E-state index is 12.5. The average Bonchev–Trinajstić information content (AvgIpc) is 2.34. The number of unbranched alkanes of at least 4 members (excludes halogenated alkanes) is 3. The summed E-state index contributed by atoms with van der Waals surface area (Å²) < 4.78 is 23.1. The van der Waals surface area contributed by atoms with Crippen LogP contribution in [0.3, 0.4) is 0 Å². The second kappa shape index (κ2) is 10.5. The van der Waals surface area contributed by atoms with E-state index in [0.29, 0.717) is 18.5 Å². The molecular weight excluding hydrogens is 247 g/mol. The molecule has 0 saturated carbocycles. The Labute approximate surface area is 112 Å². The number of hydrogen-bond donors (Lipinski definition) is 0. The second-order valence-electron chi connectivity index (χ2n) is 3.94. The number of hydrogen-bond acceptors (Lipinski definition) is 3. The Kier molecular flexibility index (Phi) is 10.3. The fraction of sp³-hybridized carbons (Fsp3) is 0.714. The maximum absolute atomic E-state index is 12.5.